The summed E-state index contributed by atoms with van der Waals surface area (Å²) in [7, 11) is 0. The Balaban J connectivity index is 2.03. The van der Waals surface area contributed by atoms with Crippen LogP contribution in [0.15, 0.2) is 66.3 Å². The number of nitrogens with zero attached hydrogens (tertiary/aromatic N) is 1. The molecule has 6 heteroatoms. The van der Waals surface area contributed by atoms with Crippen LogP contribution < -0.4 is 15.0 Å². The van der Waals surface area contributed by atoms with Crippen LogP contribution in [0.1, 0.15) is 10.4 Å². The molecule has 3 rings (SSSR count). The zero-order valence-electron chi connectivity index (χ0n) is 13.4. The summed E-state index contributed by atoms with van der Waals surface area (Å²) >= 11 is 12.9. The zero-order chi connectivity index (χ0) is 17.8. The highest BCUT2D eigenvalue weighted by Crippen LogP contribution is 2.21. The lowest BCUT2D eigenvalue weighted by Gasteiger charge is -2.15. The van der Waals surface area contributed by atoms with Gasteiger partial charge in [-0.3, -0.25) is 0 Å². The van der Waals surface area contributed by atoms with Crippen LogP contribution in [-0.2, 0) is 0 Å². The minimum atomic E-state index is -0.114. The Bertz CT molecular complexity index is 919. The van der Waals surface area contributed by atoms with Crippen LogP contribution in [0.3, 0.4) is 0 Å². The monoisotopic (exact) mass is 386 g/mol. The first-order valence-electron chi connectivity index (χ1n) is 7.55. The number of hydrogen-bond donors (Lipinski definition) is 1. The van der Waals surface area contributed by atoms with Crippen molar-refractivity contribution >= 4 is 57.3 Å². The fourth-order valence-electron chi connectivity index (χ4n) is 2.32. The van der Waals surface area contributed by atoms with Crippen molar-refractivity contribution in [1.29, 1.82) is 0 Å². The van der Waals surface area contributed by atoms with E-state index in [-0.39, 0.29) is 5.76 Å². The minimum absolute atomic E-state index is 0.114. The van der Waals surface area contributed by atoms with Crippen LogP contribution in [0.5, 0.6) is 0 Å². The van der Waals surface area contributed by atoms with Crippen molar-refractivity contribution in [3.8, 4) is 0 Å². The van der Waals surface area contributed by atoms with E-state index < -0.39 is 0 Å². The normalized spacial score (nSPS) is 11.8. The summed E-state index contributed by atoms with van der Waals surface area (Å²) in [5.74, 6) is -0.114. The lowest BCUT2D eigenvalue weighted by atomic mass is 10.2. The third kappa shape index (κ3) is 4.25. The molecule has 0 unspecified atom stereocenters. The molecule has 0 aliphatic heterocycles. The van der Waals surface area contributed by atoms with E-state index in [1.807, 2.05) is 55.0 Å². The van der Waals surface area contributed by atoms with Crippen molar-refractivity contribution in [3.05, 3.63) is 81.8 Å². The summed E-state index contributed by atoms with van der Waals surface area (Å²) < 4.78 is 1.77. The number of aryl methyl sites for hydroxylation is 1. The largest absolute Gasteiger partial charge is 0.867 e. The Morgan fingerprint density at radius 3 is 2.56 bits per heavy atom. The van der Waals surface area contributed by atoms with Crippen LogP contribution in [-0.4, -0.2) is 4.99 Å². The van der Waals surface area contributed by atoms with Gasteiger partial charge in [0.05, 0.1) is 0 Å². The van der Waals surface area contributed by atoms with Crippen LogP contribution >= 0.6 is 35.2 Å². The average molecular weight is 387 g/mol. The molecule has 0 bridgehead atoms. The number of thiocarbonyl (C=S) groups is 1. The van der Waals surface area contributed by atoms with E-state index in [9.17, 15) is 5.11 Å². The molecule has 3 aromatic rings. The molecule has 0 amide bonds. The van der Waals surface area contributed by atoms with Crippen LogP contribution in [0, 0.1) is 6.92 Å². The Labute approximate surface area is 160 Å². The number of pyridine rings is 1. The van der Waals surface area contributed by atoms with E-state index in [0.717, 1.165) is 11.3 Å². The van der Waals surface area contributed by atoms with Gasteiger partial charge in [-0.05, 0) is 54.5 Å². The van der Waals surface area contributed by atoms with Crippen LogP contribution in [0.4, 0.5) is 5.69 Å². The van der Waals surface area contributed by atoms with Gasteiger partial charge in [-0.2, -0.15) is 4.57 Å². The third-order valence-corrected chi connectivity index (χ3v) is 4.90. The van der Waals surface area contributed by atoms with Gasteiger partial charge < -0.3 is 10.4 Å². The quantitative estimate of drug-likeness (QED) is 0.317. The van der Waals surface area contributed by atoms with Gasteiger partial charge in [0.1, 0.15) is 0 Å². The molecule has 2 aromatic heterocycles. The fraction of sp³-hybridized carbons (Fsp3) is 0.0526. The molecule has 126 valence electrons. The van der Waals surface area contributed by atoms with Crippen LogP contribution in [0.2, 0.25) is 5.02 Å². The number of anilines is 1. The van der Waals surface area contributed by atoms with Gasteiger partial charge in [0.25, 0.3) is 0 Å². The Hall–Kier alpha value is -2.21. The molecule has 3 nitrogen and oxygen atoms in total. The molecule has 25 heavy (non-hydrogen) atoms. The first-order chi connectivity index (χ1) is 12.0. The Kier molecular flexibility index (Phi) is 5.48. The lowest BCUT2D eigenvalue weighted by Crippen LogP contribution is -2.40. The average Bonchev–Trinajstić information content (AvgIpc) is 3.12. The summed E-state index contributed by atoms with van der Waals surface area (Å²) in [6.07, 6.45) is 3.71. The highest BCUT2D eigenvalue weighted by Gasteiger charge is 2.19. The summed E-state index contributed by atoms with van der Waals surface area (Å²) in [5, 5.41) is 18.7. The Morgan fingerprint density at radius 2 is 1.92 bits per heavy atom. The smallest absolute Gasteiger partial charge is 0.239 e. The summed E-state index contributed by atoms with van der Waals surface area (Å²) in [6.45, 7) is 1.97. The number of hydrogen-bond acceptors (Lipinski definition) is 3. The molecule has 0 saturated carbocycles. The fourth-order valence-corrected chi connectivity index (χ4v) is 3.42. The molecule has 0 spiro atoms. The molecule has 1 aromatic carbocycles. The zero-order valence-corrected chi connectivity index (χ0v) is 15.8. The number of aromatic nitrogens is 1. The maximum Gasteiger partial charge on any atom is 0.239 e. The maximum atomic E-state index is 13.0. The van der Waals surface area contributed by atoms with Crippen LogP contribution in [0.25, 0.3) is 11.5 Å². The van der Waals surface area contributed by atoms with Crippen molar-refractivity contribution in [2.75, 3.05) is 5.32 Å². The predicted octanol–water partition coefficient (Wildman–Crippen LogP) is 4.12. The van der Waals surface area contributed by atoms with Crippen molar-refractivity contribution < 1.29 is 9.67 Å². The van der Waals surface area contributed by atoms with Gasteiger partial charge in [0.2, 0.25) is 5.70 Å². The number of rotatable bonds is 4. The van der Waals surface area contributed by atoms with Crippen molar-refractivity contribution in [2.24, 2.45) is 0 Å². The molecule has 0 fully saturated rings. The molecule has 0 saturated heterocycles. The molecule has 0 atom stereocenters. The number of nitrogens with one attached hydrogen (secondary N) is 1. The molecule has 0 radical (unpaired) electrons. The van der Waals surface area contributed by atoms with E-state index in [2.05, 4.69) is 5.32 Å². The highest BCUT2D eigenvalue weighted by atomic mass is 35.5. The van der Waals surface area contributed by atoms with E-state index in [0.29, 0.717) is 20.6 Å². The number of thiophene rings is 1. The van der Waals surface area contributed by atoms with Gasteiger partial charge in [-0.25, -0.2) is 0 Å². The van der Waals surface area contributed by atoms with Gasteiger partial charge in [-0.15, -0.1) is 11.3 Å². The second kappa shape index (κ2) is 7.78. The van der Waals surface area contributed by atoms with Gasteiger partial charge in [0, 0.05) is 27.2 Å². The molecule has 0 aliphatic rings. The maximum absolute atomic E-state index is 13.0. The molecule has 1 N–H and O–H groups in total. The van der Waals surface area contributed by atoms with Crippen molar-refractivity contribution in [3.63, 3.8) is 0 Å². The summed E-state index contributed by atoms with van der Waals surface area (Å²) in [5.41, 5.74) is 2.23. The van der Waals surface area contributed by atoms with E-state index in [1.54, 1.807) is 22.8 Å². The number of benzene rings is 1. The third-order valence-electron chi connectivity index (χ3n) is 3.48. The summed E-state index contributed by atoms with van der Waals surface area (Å²) in [6, 6.07) is 14.7. The standard InChI is InChI=1S/C19H15ClN2OS2/c1-13-4-2-10-22(12-13)17(18(23)16-5-3-11-25-16)19(24)21-15-8-6-14(20)7-9-15/h2-12H,1H3,(H-,21,23,24). The minimum Gasteiger partial charge on any atom is -0.867 e. The van der Waals surface area contributed by atoms with Crippen molar-refractivity contribution in [2.45, 2.75) is 6.92 Å². The summed E-state index contributed by atoms with van der Waals surface area (Å²) in [4.78, 5) is 1.00. The SMILES string of the molecule is Cc1ccc[n+](C(C(=S)Nc2ccc(Cl)cc2)=C([O-])c2cccs2)c1. The molecular weight excluding hydrogens is 372 g/mol. The van der Waals surface area contributed by atoms with Crippen molar-refractivity contribution in [1.82, 2.24) is 0 Å². The first-order valence-corrected chi connectivity index (χ1v) is 9.21. The molecule has 2 heterocycles. The predicted molar refractivity (Wildman–Crippen MR) is 106 cm³/mol. The second-order valence-corrected chi connectivity index (χ2v) is 7.20. The highest BCUT2D eigenvalue weighted by molar-refractivity contribution is 7.81. The van der Waals surface area contributed by atoms with Gasteiger partial charge >= 0.3 is 0 Å². The van der Waals surface area contributed by atoms with Gasteiger partial charge in [-0.1, -0.05) is 29.9 Å². The first kappa shape index (κ1) is 17.6. The van der Waals surface area contributed by atoms with E-state index in [4.69, 9.17) is 23.8 Å². The second-order valence-electron chi connectivity index (χ2n) is 5.40. The molecule has 0 aliphatic carbocycles. The van der Waals surface area contributed by atoms with E-state index in [1.165, 1.54) is 11.3 Å². The lowest BCUT2D eigenvalue weighted by molar-refractivity contribution is -0.578. The molecular formula is C19H15ClN2OS2. The van der Waals surface area contributed by atoms with E-state index >= 15 is 0 Å². The number of halogens is 1. The topological polar surface area (TPSA) is 39.0 Å². The van der Waals surface area contributed by atoms with Gasteiger partial charge in [0.15, 0.2) is 17.4 Å². The Morgan fingerprint density at radius 1 is 1.16 bits per heavy atom.